The van der Waals surface area contributed by atoms with Crippen LogP contribution in [0.25, 0.3) is 10.6 Å². The highest BCUT2D eigenvalue weighted by atomic mass is 32.1. The normalized spacial score (nSPS) is 15.1. The molecule has 2 amide bonds. The molecule has 0 bridgehead atoms. The Labute approximate surface area is 255 Å². The summed E-state index contributed by atoms with van der Waals surface area (Å²) < 4.78 is 11.7. The predicted octanol–water partition coefficient (Wildman–Crippen LogP) is 6.69. The molecule has 2 aromatic carbocycles. The maximum atomic E-state index is 13.4. The first kappa shape index (κ1) is 30.0. The van der Waals surface area contributed by atoms with Crippen LogP contribution in [0.1, 0.15) is 49.7 Å². The van der Waals surface area contributed by atoms with Gasteiger partial charge in [0.25, 0.3) is 5.91 Å². The van der Waals surface area contributed by atoms with Gasteiger partial charge in [-0.05, 0) is 76.8 Å². The molecule has 0 radical (unpaired) electrons. The topological polar surface area (TPSA) is 119 Å². The first-order chi connectivity index (χ1) is 20.7. The number of alkyl carbamates (subject to hydrolysis) is 1. The van der Waals surface area contributed by atoms with Crippen LogP contribution in [0.5, 0.6) is 11.5 Å². The third-order valence-electron chi connectivity index (χ3n) is 6.94. The van der Waals surface area contributed by atoms with Gasteiger partial charge in [0.2, 0.25) is 0 Å². The number of benzene rings is 2. The van der Waals surface area contributed by atoms with Gasteiger partial charge in [0, 0.05) is 36.1 Å². The minimum Gasteiger partial charge on any atom is -0.457 e. The Kier molecular flexibility index (Phi) is 9.20. The standard InChI is InChI=1S/C32H36N6O4S/c1-21-27(41-24-10-6-5-7-11-24)13-12-25(36-29(39)26-20-43-30(37-26)23-14-15-34-35-18-23)28(21)38-16-8-9-22(19-38)17-33-31(40)42-32(2,3)4/h5-7,10-15,18,20,22H,8-9,16-17,19H2,1-4H3,(H,33,40)(H,36,39)/t22-/m0/s1. The molecule has 2 N–H and O–H groups in total. The van der Waals surface area contributed by atoms with Crippen LogP contribution >= 0.6 is 11.3 Å². The van der Waals surface area contributed by atoms with Crippen molar-refractivity contribution in [3.63, 3.8) is 0 Å². The maximum Gasteiger partial charge on any atom is 0.407 e. The summed E-state index contributed by atoms with van der Waals surface area (Å²) in [4.78, 5) is 32.5. The van der Waals surface area contributed by atoms with Gasteiger partial charge in [-0.25, -0.2) is 9.78 Å². The van der Waals surface area contributed by atoms with Crippen molar-refractivity contribution in [1.29, 1.82) is 0 Å². The van der Waals surface area contributed by atoms with Crippen LogP contribution in [-0.4, -0.2) is 52.4 Å². The Bertz CT molecular complexity index is 1560. The Hall–Kier alpha value is -4.51. The van der Waals surface area contributed by atoms with E-state index >= 15 is 0 Å². The zero-order valence-electron chi connectivity index (χ0n) is 24.8. The second-order valence-corrected chi connectivity index (χ2v) is 12.3. The van der Waals surface area contributed by atoms with Crippen molar-refractivity contribution in [1.82, 2.24) is 20.5 Å². The summed E-state index contributed by atoms with van der Waals surface area (Å²) in [6, 6.07) is 15.2. The summed E-state index contributed by atoms with van der Waals surface area (Å²) in [6.07, 6.45) is 4.71. The molecule has 1 saturated heterocycles. The van der Waals surface area contributed by atoms with Gasteiger partial charge in [-0.2, -0.15) is 10.2 Å². The number of hydrogen-bond donors (Lipinski definition) is 2. The number of thiazole rings is 1. The summed E-state index contributed by atoms with van der Waals surface area (Å²) in [5, 5.41) is 16.2. The van der Waals surface area contributed by atoms with Crippen molar-refractivity contribution in [2.75, 3.05) is 29.9 Å². The molecular formula is C32H36N6O4S. The van der Waals surface area contributed by atoms with Crippen molar-refractivity contribution in [2.45, 2.75) is 46.1 Å². The Balaban J connectivity index is 1.39. The van der Waals surface area contributed by atoms with E-state index in [4.69, 9.17) is 9.47 Å². The lowest BCUT2D eigenvalue weighted by Gasteiger charge is -2.37. The zero-order chi connectivity index (χ0) is 30.4. The molecule has 1 aliphatic rings. The van der Waals surface area contributed by atoms with Crippen molar-refractivity contribution in [3.8, 4) is 22.1 Å². The number of hydrogen-bond acceptors (Lipinski definition) is 9. The molecule has 43 heavy (non-hydrogen) atoms. The number of aromatic nitrogens is 3. The van der Waals surface area contributed by atoms with Crippen molar-refractivity contribution < 1.29 is 19.1 Å². The molecule has 0 saturated carbocycles. The predicted molar refractivity (Wildman–Crippen MR) is 168 cm³/mol. The van der Waals surface area contributed by atoms with Crippen molar-refractivity contribution in [3.05, 3.63) is 77.6 Å². The van der Waals surface area contributed by atoms with E-state index in [-0.39, 0.29) is 11.8 Å². The lowest BCUT2D eigenvalue weighted by atomic mass is 9.96. The van der Waals surface area contributed by atoms with Gasteiger partial charge >= 0.3 is 6.09 Å². The smallest absolute Gasteiger partial charge is 0.407 e. The van der Waals surface area contributed by atoms with Crippen LogP contribution in [0.15, 0.2) is 66.3 Å². The highest BCUT2D eigenvalue weighted by Gasteiger charge is 2.27. The molecular weight excluding hydrogens is 564 g/mol. The summed E-state index contributed by atoms with van der Waals surface area (Å²) in [7, 11) is 0. The first-order valence-electron chi connectivity index (χ1n) is 14.3. The number of carbonyl (C=O) groups excluding carboxylic acids is 2. The number of carbonyl (C=O) groups is 2. The minimum absolute atomic E-state index is 0.206. The summed E-state index contributed by atoms with van der Waals surface area (Å²) in [5.74, 6) is 1.33. The summed E-state index contributed by atoms with van der Waals surface area (Å²) in [5.41, 5.74) is 3.03. The van der Waals surface area contributed by atoms with E-state index in [1.807, 2.05) is 76.2 Å². The van der Waals surface area contributed by atoms with Crippen molar-refractivity contribution in [2.24, 2.45) is 5.92 Å². The number of nitrogens with one attached hydrogen (secondary N) is 2. The fourth-order valence-electron chi connectivity index (χ4n) is 5.01. The molecule has 2 aromatic heterocycles. The minimum atomic E-state index is -0.556. The molecule has 1 aliphatic heterocycles. The molecule has 1 fully saturated rings. The van der Waals surface area contributed by atoms with E-state index in [2.05, 4.69) is 30.7 Å². The lowest BCUT2D eigenvalue weighted by Crippen LogP contribution is -2.42. The van der Waals surface area contributed by atoms with Crippen LogP contribution in [0, 0.1) is 12.8 Å². The van der Waals surface area contributed by atoms with E-state index < -0.39 is 11.7 Å². The third-order valence-corrected chi connectivity index (χ3v) is 7.83. The van der Waals surface area contributed by atoms with Gasteiger partial charge in [-0.3, -0.25) is 4.79 Å². The summed E-state index contributed by atoms with van der Waals surface area (Å²) >= 11 is 1.38. The van der Waals surface area contributed by atoms with Gasteiger partial charge in [-0.1, -0.05) is 18.2 Å². The highest BCUT2D eigenvalue weighted by Crippen LogP contribution is 2.40. The van der Waals surface area contributed by atoms with Gasteiger partial charge < -0.3 is 25.0 Å². The van der Waals surface area contributed by atoms with E-state index in [1.165, 1.54) is 11.3 Å². The molecule has 3 heterocycles. The van der Waals surface area contributed by atoms with Crippen LogP contribution in [0.3, 0.4) is 0 Å². The Morgan fingerprint density at radius 2 is 1.91 bits per heavy atom. The Morgan fingerprint density at radius 1 is 1.09 bits per heavy atom. The largest absolute Gasteiger partial charge is 0.457 e. The number of anilines is 2. The Morgan fingerprint density at radius 3 is 2.65 bits per heavy atom. The fraction of sp³-hybridized carbons (Fsp3) is 0.344. The monoisotopic (exact) mass is 600 g/mol. The molecule has 224 valence electrons. The molecule has 4 aromatic rings. The molecule has 1 atom stereocenters. The van der Waals surface area contributed by atoms with E-state index in [9.17, 15) is 9.59 Å². The summed E-state index contributed by atoms with van der Waals surface area (Å²) in [6.45, 7) is 9.55. The zero-order valence-corrected chi connectivity index (χ0v) is 25.6. The van der Waals surface area contributed by atoms with Crippen molar-refractivity contribution >= 4 is 34.7 Å². The fourth-order valence-corrected chi connectivity index (χ4v) is 5.80. The van der Waals surface area contributed by atoms with E-state index in [0.29, 0.717) is 35.2 Å². The van der Waals surface area contributed by atoms with E-state index in [1.54, 1.807) is 17.8 Å². The third kappa shape index (κ3) is 7.86. The van der Waals surface area contributed by atoms with Gasteiger partial charge in [0.05, 0.1) is 23.8 Å². The van der Waals surface area contributed by atoms with Crippen LogP contribution in [-0.2, 0) is 4.74 Å². The molecule has 5 rings (SSSR count). The number of para-hydroxylation sites is 1. The van der Waals surface area contributed by atoms with Gasteiger partial charge in [0.15, 0.2) is 0 Å². The van der Waals surface area contributed by atoms with E-state index in [0.717, 1.165) is 42.0 Å². The maximum absolute atomic E-state index is 13.4. The number of nitrogens with zero attached hydrogens (tertiary/aromatic N) is 4. The second-order valence-electron chi connectivity index (χ2n) is 11.5. The average Bonchev–Trinajstić information content (AvgIpc) is 3.49. The number of amides is 2. The van der Waals surface area contributed by atoms with Crippen LogP contribution in [0.2, 0.25) is 0 Å². The molecule has 0 spiro atoms. The van der Waals surface area contributed by atoms with Crippen LogP contribution < -0.4 is 20.3 Å². The number of rotatable bonds is 8. The van der Waals surface area contributed by atoms with Gasteiger partial charge in [0.1, 0.15) is 27.8 Å². The lowest BCUT2D eigenvalue weighted by molar-refractivity contribution is 0.0517. The second kappa shape index (κ2) is 13.2. The molecule has 0 unspecified atom stereocenters. The quantitative estimate of drug-likeness (QED) is 0.230. The molecule has 10 nitrogen and oxygen atoms in total. The molecule has 0 aliphatic carbocycles. The number of piperidine rings is 1. The number of ether oxygens (including phenoxy) is 2. The van der Waals surface area contributed by atoms with Crippen LogP contribution in [0.4, 0.5) is 16.2 Å². The average molecular weight is 601 g/mol. The SMILES string of the molecule is Cc1c(Oc2ccccc2)ccc(NC(=O)c2csc(-c3ccnnc3)n2)c1N1CCC[C@@H](CNC(=O)OC(C)(C)C)C1. The first-order valence-corrected chi connectivity index (χ1v) is 15.2. The highest BCUT2D eigenvalue weighted by molar-refractivity contribution is 7.13. The van der Waals surface area contributed by atoms with Gasteiger partial charge in [-0.15, -0.1) is 11.3 Å². The molecule has 11 heteroatoms.